The third-order valence-electron chi connectivity index (χ3n) is 15.4. The second-order valence-corrected chi connectivity index (χ2v) is 20.3. The van der Waals surface area contributed by atoms with E-state index < -0.39 is 5.41 Å². The van der Waals surface area contributed by atoms with Gasteiger partial charge in [-0.25, -0.2) is 0 Å². The summed E-state index contributed by atoms with van der Waals surface area (Å²) in [6.07, 6.45) is 9.69. The first-order valence-corrected chi connectivity index (χ1v) is 24.5. The van der Waals surface area contributed by atoms with Crippen LogP contribution >= 0.6 is 11.3 Å². The van der Waals surface area contributed by atoms with Gasteiger partial charge in [0.15, 0.2) is 5.58 Å². The SMILES string of the molecule is C=C1/C=C\C=C/CC2(c3ccc(N(c4ccc5c(c4)C(C)(C)c4ccccc4-5)c4cccc5c4oc4ccccc45)cc3-c3ccccc31)c1ccccc1-c1cc3sc4ccccc4c3cc12. The molecule has 11 aromatic rings. The molecule has 0 fully saturated rings. The van der Waals surface area contributed by atoms with Crippen LogP contribution in [0.4, 0.5) is 17.1 Å². The van der Waals surface area contributed by atoms with Gasteiger partial charge in [0.1, 0.15) is 5.58 Å². The molecule has 3 aliphatic rings. The summed E-state index contributed by atoms with van der Waals surface area (Å²) in [5.41, 5.74) is 20.4. The Bertz CT molecular complexity index is 4020. The van der Waals surface area contributed by atoms with Crippen LogP contribution in [0.5, 0.6) is 0 Å². The highest BCUT2D eigenvalue weighted by Gasteiger charge is 2.46. The molecule has 0 saturated heterocycles. The third kappa shape index (κ3) is 5.45. The molecule has 3 heteroatoms. The molecule has 9 aromatic carbocycles. The number of hydrogen-bond donors (Lipinski definition) is 0. The Kier molecular flexibility index (Phi) is 8.37. The van der Waals surface area contributed by atoms with Crippen LogP contribution in [0.2, 0.25) is 0 Å². The molecule has 0 amide bonds. The van der Waals surface area contributed by atoms with Crippen molar-refractivity contribution in [3.8, 4) is 33.4 Å². The molecule has 14 rings (SSSR count). The van der Waals surface area contributed by atoms with Crippen LogP contribution in [0.1, 0.15) is 53.6 Å². The van der Waals surface area contributed by atoms with Crippen molar-refractivity contribution in [2.45, 2.75) is 31.1 Å². The monoisotopic (exact) mass is 887 g/mol. The summed E-state index contributed by atoms with van der Waals surface area (Å²) in [7, 11) is 0. The van der Waals surface area contributed by atoms with Crippen LogP contribution < -0.4 is 4.90 Å². The quantitative estimate of drug-likeness (QED) is 0.176. The summed E-state index contributed by atoms with van der Waals surface area (Å²) in [5.74, 6) is 0. The highest BCUT2D eigenvalue weighted by atomic mass is 32.1. The van der Waals surface area contributed by atoms with Gasteiger partial charge in [-0.3, -0.25) is 0 Å². The lowest BCUT2D eigenvalue weighted by molar-refractivity contribution is 0.647. The Labute approximate surface area is 400 Å². The summed E-state index contributed by atoms with van der Waals surface area (Å²) >= 11 is 1.89. The van der Waals surface area contributed by atoms with E-state index in [1.165, 1.54) is 75.8 Å². The molecular formula is C65H45NOS. The average Bonchev–Trinajstić information content (AvgIpc) is 4.08. The van der Waals surface area contributed by atoms with Crippen LogP contribution in [0, 0.1) is 0 Å². The minimum atomic E-state index is -0.521. The number of allylic oxidation sites excluding steroid dienone is 5. The molecule has 3 aliphatic carbocycles. The largest absolute Gasteiger partial charge is 0.454 e. The zero-order valence-electron chi connectivity index (χ0n) is 37.9. The minimum Gasteiger partial charge on any atom is -0.454 e. The number of benzene rings is 9. The fourth-order valence-corrected chi connectivity index (χ4v) is 13.3. The van der Waals surface area contributed by atoms with E-state index in [2.05, 4.69) is 238 Å². The predicted octanol–water partition coefficient (Wildman–Crippen LogP) is 18.2. The average molecular weight is 888 g/mol. The Morgan fingerprint density at radius 3 is 1.99 bits per heavy atom. The lowest BCUT2D eigenvalue weighted by Crippen LogP contribution is -2.27. The van der Waals surface area contributed by atoms with E-state index in [0.717, 1.165) is 62.1 Å². The fraction of sp³-hybridized carbons (Fsp3) is 0.0769. The van der Waals surface area contributed by atoms with Crippen LogP contribution in [-0.2, 0) is 10.8 Å². The first-order chi connectivity index (χ1) is 33.4. The van der Waals surface area contributed by atoms with Crippen LogP contribution in [-0.4, -0.2) is 0 Å². The molecule has 1 spiro atoms. The van der Waals surface area contributed by atoms with Crippen molar-refractivity contribution >= 4 is 76.1 Å². The first kappa shape index (κ1) is 39.2. The van der Waals surface area contributed by atoms with E-state index in [9.17, 15) is 0 Å². The maximum absolute atomic E-state index is 6.90. The molecule has 2 aromatic heterocycles. The van der Waals surface area contributed by atoms with Gasteiger partial charge in [0.2, 0.25) is 0 Å². The van der Waals surface area contributed by atoms with Crippen molar-refractivity contribution in [1.29, 1.82) is 0 Å². The molecule has 2 nitrogen and oxygen atoms in total. The van der Waals surface area contributed by atoms with Crippen molar-refractivity contribution in [3.63, 3.8) is 0 Å². The molecule has 0 radical (unpaired) electrons. The zero-order chi connectivity index (χ0) is 45.3. The number of para-hydroxylation sites is 2. The van der Waals surface area contributed by atoms with Gasteiger partial charge < -0.3 is 9.32 Å². The smallest absolute Gasteiger partial charge is 0.159 e. The van der Waals surface area contributed by atoms with Gasteiger partial charge in [-0.05, 0) is 133 Å². The van der Waals surface area contributed by atoms with E-state index in [1.54, 1.807) is 0 Å². The number of rotatable bonds is 3. The maximum atomic E-state index is 6.90. The van der Waals surface area contributed by atoms with Crippen LogP contribution in [0.15, 0.2) is 223 Å². The zero-order valence-corrected chi connectivity index (χ0v) is 38.7. The summed E-state index contributed by atoms with van der Waals surface area (Å²) in [5, 5.41) is 4.83. The van der Waals surface area contributed by atoms with Gasteiger partial charge in [-0.2, -0.15) is 0 Å². The lowest BCUT2D eigenvalue weighted by atomic mass is 9.67. The summed E-state index contributed by atoms with van der Waals surface area (Å²) in [6, 6.07) is 70.1. The van der Waals surface area contributed by atoms with Gasteiger partial charge >= 0.3 is 0 Å². The Morgan fingerprint density at radius 2 is 1.12 bits per heavy atom. The Hall–Kier alpha value is -7.98. The molecular weight excluding hydrogens is 843 g/mol. The number of furan rings is 1. The van der Waals surface area contributed by atoms with E-state index in [0.29, 0.717) is 0 Å². The van der Waals surface area contributed by atoms with E-state index in [-0.39, 0.29) is 5.41 Å². The van der Waals surface area contributed by atoms with Gasteiger partial charge in [0.25, 0.3) is 0 Å². The first-order valence-electron chi connectivity index (χ1n) is 23.7. The molecule has 0 N–H and O–H groups in total. The van der Waals surface area contributed by atoms with Gasteiger partial charge in [-0.1, -0.05) is 178 Å². The van der Waals surface area contributed by atoms with E-state index >= 15 is 0 Å². The standard InChI is InChI=1S/C65H45NOS/c1-40-18-5-4-16-35-65(55-27-13-9-22-46(55)52-39-62-53(38-58(52)65)49-24-11-15-30-61(49)68-62)56-34-32-41(36-51(56)44-20-7-6-19-43(40)44)66(59-28-17-25-50-48-23-10-14-29-60(48)67-63(50)59)42-31-33-47-45-21-8-12-26-54(45)64(2,3)57(47)37-42/h4-34,36-39H,1,35H2,2-3H3/b16-4-,18-5-. The summed E-state index contributed by atoms with van der Waals surface area (Å²) in [4.78, 5) is 2.44. The molecule has 68 heavy (non-hydrogen) atoms. The molecule has 2 heterocycles. The fourth-order valence-electron chi connectivity index (χ4n) is 12.2. The maximum Gasteiger partial charge on any atom is 0.159 e. The minimum absolute atomic E-state index is 0.185. The molecule has 1 atom stereocenters. The number of hydrogen-bond acceptors (Lipinski definition) is 3. The summed E-state index contributed by atoms with van der Waals surface area (Å²) < 4.78 is 9.54. The normalized spacial score (nSPS) is 17.4. The van der Waals surface area contributed by atoms with Crippen molar-refractivity contribution in [2.24, 2.45) is 0 Å². The molecule has 0 saturated carbocycles. The van der Waals surface area contributed by atoms with Crippen LogP contribution in [0.25, 0.3) is 81.1 Å². The van der Waals surface area contributed by atoms with Gasteiger partial charge in [0, 0.05) is 47.7 Å². The van der Waals surface area contributed by atoms with Gasteiger partial charge in [-0.15, -0.1) is 11.3 Å². The van der Waals surface area contributed by atoms with E-state index in [4.69, 9.17) is 4.42 Å². The topological polar surface area (TPSA) is 16.4 Å². The van der Waals surface area contributed by atoms with Crippen molar-refractivity contribution in [3.05, 3.63) is 252 Å². The molecule has 1 unspecified atom stereocenters. The van der Waals surface area contributed by atoms with Crippen molar-refractivity contribution in [2.75, 3.05) is 4.90 Å². The Morgan fingerprint density at radius 1 is 0.471 bits per heavy atom. The number of anilines is 3. The van der Waals surface area contributed by atoms with Crippen LogP contribution in [0.3, 0.4) is 0 Å². The highest BCUT2D eigenvalue weighted by molar-refractivity contribution is 7.25. The summed E-state index contributed by atoms with van der Waals surface area (Å²) in [6.45, 7) is 9.41. The Balaban J connectivity index is 1.08. The second-order valence-electron chi connectivity index (χ2n) is 19.2. The lowest BCUT2D eigenvalue weighted by Gasteiger charge is -2.36. The van der Waals surface area contributed by atoms with E-state index in [1.807, 2.05) is 11.3 Å². The number of fused-ring (bicyclic) bond motifs is 18. The molecule has 322 valence electrons. The second kappa shape index (κ2) is 14.5. The molecule has 0 aliphatic heterocycles. The highest BCUT2D eigenvalue weighted by Crippen LogP contribution is 2.59. The number of thiophene rings is 1. The van der Waals surface area contributed by atoms with Gasteiger partial charge in [0.05, 0.1) is 11.1 Å². The van der Waals surface area contributed by atoms with Crippen molar-refractivity contribution in [1.82, 2.24) is 0 Å². The number of nitrogens with zero attached hydrogens (tertiary/aromatic N) is 1. The molecule has 0 bridgehead atoms. The third-order valence-corrected chi connectivity index (χ3v) is 16.5. The van der Waals surface area contributed by atoms with Crippen molar-refractivity contribution < 1.29 is 4.42 Å². The predicted molar refractivity (Wildman–Crippen MR) is 288 cm³/mol.